The summed E-state index contributed by atoms with van der Waals surface area (Å²) in [6.07, 6.45) is 2.48. The summed E-state index contributed by atoms with van der Waals surface area (Å²) in [7, 11) is -3.69. The molecule has 33 heavy (non-hydrogen) atoms. The molecule has 0 saturated heterocycles. The lowest BCUT2D eigenvalue weighted by molar-refractivity contribution is -0.117. The van der Waals surface area contributed by atoms with Gasteiger partial charge in [0.25, 0.3) is 5.91 Å². The maximum atomic E-state index is 13.2. The van der Waals surface area contributed by atoms with E-state index in [4.69, 9.17) is 5.73 Å². The molecule has 1 aromatic heterocycles. The van der Waals surface area contributed by atoms with Crippen LogP contribution in [0.3, 0.4) is 0 Å². The third kappa shape index (κ3) is 5.61. The van der Waals surface area contributed by atoms with Gasteiger partial charge < -0.3 is 15.6 Å². The fraction of sp³-hybridized carbons (Fsp3) is 0.333. The maximum absolute atomic E-state index is 13.2. The number of aromatic nitrogens is 1. The van der Waals surface area contributed by atoms with Crippen molar-refractivity contribution in [3.63, 3.8) is 0 Å². The van der Waals surface area contributed by atoms with Crippen molar-refractivity contribution in [3.05, 3.63) is 64.8 Å². The lowest BCUT2D eigenvalue weighted by atomic mass is 10.1. The Bertz CT molecular complexity index is 1290. The number of carbonyl (C=O) groups excluding carboxylic acids is 2. The third-order valence-electron chi connectivity index (χ3n) is 5.56. The molecule has 0 aliphatic carbocycles. The Kier molecular flexibility index (Phi) is 7.24. The molecule has 0 radical (unpaired) electrons. The summed E-state index contributed by atoms with van der Waals surface area (Å²) < 4.78 is 31.2. The molecule has 2 aromatic carbocycles. The Balaban J connectivity index is 1.81. The van der Waals surface area contributed by atoms with Crippen LogP contribution in [0.2, 0.25) is 0 Å². The van der Waals surface area contributed by atoms with Crippen LogP contribution in [0.5, 0.6) is 0 Å². The average molecular weight is 471 g/mol. The molecular weight excluding hydrogens is 440 g/mol. The summed E-state index contributed by atoms with van der Waals surface area (Å²) >= 11 is 0. The Morgan fingerprint density at radius 2 is 1.73 bits per heavy atom. The predicted molar refractivity (Wildman–Crippen MR) is 129 cm³/mol. The number of amides is 2. The van der Waals surface area contributed by atoms with E-state index in [-0.39, 0.29) is 18.5 Å². The molecule has 8 nitrogen and oxygen atoms in total. The van der Waals surface area contributed by atoms with Gasteiger partial charge in [-0.2, -0.15) is 0 Å². The number of sulfonamides is 1. The smallest absolute Gasteiger partial charge is 0.251 e. The molecule has 4 N–H and O–H groups in total. The second kappa shape index (κ2) is 9.76. The van der Waals surface area contributed by atoms with E-state index in [9.17, 15) is 18.0 Å². The Morgan fingerprint density at radius 1 is 1.06 bits per heavy atom. The number of carbonyl (C=O) groups is 2. The van der Waals surface area contributed by atoms with Gasteiger partial charge in [-0.25, -0.2) is 13.1 Å². The van der Waals surface area contributed by atoms with Crippen LogP contribution < -0.4 is 15.8 Å². The number of fused-ring (bicyclic) bond motifs is 1. The molecular formula is C24H30N4O4S. The van der Waals surface area contributed by atoms with Gasteiger partial charge in [0.1, 0.15) is 0 Å². The molecule has 0 aliphatic rings. The molecule has 0 spiro atoms. The lowest BCUT2D eigenvalue weighted by Gasteiger charge is -2.20. The first-order valence-electron chi connectivity index (χ1n) is 10.8. The Morgan fingerprint density at radius 3 is 2.33 bits per heavy atom. The van der Waals surface area contributed by atoms with Crippen LogP contribution in [0.4, 0.5) is 0 Å². The zero-order valence-corrected chi connectivity index (χ0v) is 20.1. The molecule has 0 bridgehead atoms. The van der Waals surface area contributed by atoms with Crippen molar-refractivity contribution < 1.29 is 18.0 Å². The van der Waals surface area contributed by atoms with E-state index in [0.717, 1.165) is 27.6 Å². The zero-order chi connectivity index (χ0) is 24.3. The van der Waals surface area contributed by atoms with Gasteiger partial charge in [0, 0.05) is 35.2 Å². The zero-order valence-electron chi connectivity index (χ0n) is 19.3. The SMILES string of the molecule is CC[C@@H](Cn1ccc2cc(C(=O)NCC(N)=O)ccc21)NS(=O)(=O)c1c(C)cc(C)cc1C. The van der Waals surface area contributed by atoms with Gasteiger partial charge >= 0.3 is 0 Å². The van der Waals surface area contributed by atoms with Gasteiger partial charge in [0.2, 0.25) is 15.9 Å². The van der Waals surface area contributed by atoms with Crippen LogP contribution in [-0.4, -0.2) is 37.4 Å². The van der Waals surface area contributed by atoms with Crippen molar-refractivity contribution in [2.24, 2.45) is 5.73 Å². The second-order valence-electron chi connectivity index (χ2n) is 8.34. The summed E-state index contributed by atoms with van der Waals surface area (Å²) in [6, 6.07) is 10.5. The molecule has 0 fully saturated rings. The molecule has 176 valence electrons. The monoisotopic (exact) mass is 470 g/mol. The highest BCUT2D eigenvalue weighted by molar-refractivity contribution is 7.89. The number of nitrogens with one attached hydrogen (secondary N) is 2. The van der Waals surface area contributed by atoms with Crippen molar-refractivity contribution in [3.8, 4) is 0 Å². The van der Waals surface area contributed by atoms with E-state index in [1.807, 2.05) is 62.7 Å². The standard InChI is InChI=1S/C24H30N4O4S/c1-5-20(27-33(31,32)23-16(3)10-15(2)11-17(23)4)14-28-9-8-18-12-19(6-7-21(18)28)24(30)26-13-22(25)29/h6-12,20,27H,5,13-14H2,1-4H3,(H2,25,29)(H,26,30)/t20-/m0/s1. The van der Waals surface area contributed by atoms with Gasteiger partial charge in [-0.3, -0.25) is 9.59 Å². The van der Waals surface area contributed by atoms with E-state index in [1.54, 1.807) is 12.1 Å². The Hall–Kier alpha value is -3.17. The van der Waals surface area contributed by atoms with Gasteiger partial charge in [0.05, 0.1) is 11.4 Å². The van der Waals surface area contributed by atoms with E-state index in [1.165, 1.54) is 0 Å². The van der Waals surface area contributed by atoms with E-state index in [0.29, 0.717) is 23.4 Å². The number of aryl methyl sites for hydroxylation is 3. The molecule has 1 heterocycles. The lowest BCUT2D eigenvalue weighted by Crippen LogP contribution is -2.38. The highest BCUT2D eigenvalue weighted by atomic mass is 32.2. The summed E-state index contributed by atoms with van der Waals surface area (Å²) in [5.41, 5.74) is 8.84. The first-order valence-corrected chi connectivity index (χ1v) is 12.3. The van der Waals surface area contributed by atoms with Gasteiger partial charge in [-0.1, -0.05) is 24.6 Å². The molecule has 0 aliphatic heterocycles. The van der Waals surface area contributed by atoms with E-state index in [2.05, 4.69) is 10.0 Å². The maximum Gasteiger partial charge on any atom is 0.251 e. The minimum atomic E-state index is -3.69. The number of rotatable bonds is 9. The third-order valence-corrected chi connectivity index (χ3v) is 7.39. The number of nitrogens with two attached hydrogens (primary N) is 1. The molecule has 3 rings (SSSR count). The van der Waals surface area contributed by atoms with Crippen molar-refractivity contribution in [1.82, 2.24) is 14.6 Å². The predicted octanol–water partition coefficient (Wildman–Crippen LogP) is 2.54. The molecule has 0 unspecified atom stereocenters. The quantitative estimate of drug-likeness (QED) is 0.445. The van der Waals surface area contributed by atoms with Crippen LogP contribution >= 0.6 is 0 Å². The van der Waals surface area contributed by atoms with Crippen molar-refractivity contribution in [1.29, 1.82) is 0 Å². The van der Waals surface area contributed by atoms with Crippen LogP contribution in [0, 0.1) is 20.8 Å². The molecule has 0 saturated carbocycles. The fourth-order valence-electron chi connectivity index (χ4n) is 4.13. The summed E-state index contributed by atoms with van der Waals surface area (Å²) in [5, 5.41) is 3.31. The van der Waals surface area contributed by atoms with Crippen LogP contribution in [0.1, 0.15) is 40.4 Å². The van der Waals surface area contributed by atoms with Crippen LogP contribution in [0.15, 0.2) is 47.5 Å². The number of hydrogen-bond acceptors (Lipinski definition) is 4. The van der Waals surface area contributed by atoms with Gasteiger partial charge in [-0.15, -0.1) is 0 Å². The summed E-state index contributed by atoms with van der Waals surface area (Å²) in [6.45, 7) is 7.72. The second-order valence-corrected chi connectivity index (χ2v) is 10.00. The summed E-state index contributed by atoms with van der Waals surface area (Å²) in [4.78, 5) is 23.4. The topological polar surface area (TPSA) is 123 Å². The number of primary amides is 1. The first-order chi connectivity index (χ1) is 15.5. The van der Waals surface area contributed by atoms with Crippen LogP contribution in [-0.2, 0) is 21.4 Å². The molecule has 1 atom stereocenters. The number of benzene rings is 2. The molecule has 9 heteroatoms. The fourth-order valence-corrected chi connectivity index (χ4v) is 5.89. The Labute approximate surface area is 194 Å². The van der Waals surface area contributed by atoms with E-state index < -0.39 is 15.9 Å². The van der Waals surface area contributed by atoms with Gasteiger partial charge in [0.15, 0.2) is 0 Å². The van der Waals surface area contributed by atoms with Crippen LogP contribution in [0.25, 0.3) is 10.9 Å². The normalized spacial score (nSPS) is 12.6. The first kappa shape index (κ1) is 24.5. The largest absolute Gasteiger partial charge is 0.368 e. The van der Waals surface area contributed by atoms with Gasteiger partial charge in [-0.05, 0) is 62.6 Å². The highest BCUT2D eigenvalue weighted by Gasteiger charge is 2.23. The summed E-state index contributed by atoms with van der Waals surface area (Å²) in [5.74, 6) is -0.994. The van der Waals surface area contributed by atoms with E-state index >= 15 is 0 Å². The van der Waals surface area contributed by atoms with Crippen molar-refractivity contribution in [2.75, 3.05) is 6.54 Å². The highest BCUT2D eigenvalue weighted by Crippen LogP contribution is 2.23. The molecule has 2 amide bonds. The number of hydrogen-bond donors (Lipinski definition) is 3. The number of nitrogens with zero attached hydrogens (tertiary/aromatic N) is 1. The molecule has 3 aromatic rings. The van der Waals surface area contributed by atoms with Crippen molar-refractivity contribution >= 4 is 32.7 Å². The minimum absolute atomic E-state index is 0.226. The van der Waals surface area contributed by atoms with Crippen molar-refractivity contribution in [2.45, 2.75) is 51.6 Å². The minimum Gasteiger partial charge on any atom is -0.368 e. The average Bonchev–Trinajstić information content (AvgIpc) is 3.12.